The van der Waals surface area contributed by atoms with Crippen LogP contribution in [0.25, 0.3) is 10.9 Å². The van der Waals surface area contributed by atoms with Crippen molar-refractivity contribution < 1.29 is 77.3 Å². The Bertz CT molecular complexity index is 2660. The number of ketones is 1. The highest BCUT2D eigenvalue weighted by molar-refractivity contribution is 7.98. The number of nitrogens with one attached hydrogen (secondary N) is 8. The third kappa shape index (κ3) is 20.2. The van der Waals surface area contributed by atoms with E-state index < -0.39 is 170 Å². The number of ether oxygens (including phenoxy) is 1. The lowest BCUT2D eigenvalue weighted by molar-refractivity contribution is -0.144. The van der Waals surface area contributed by atoms with Crippen LogP contribution in [0.2, 0.25) is 0 Å². The van der Waals surface area contributed by atoms with Gasteiger partial charge in [-0.25, -0.2) is 0 Å². The Morgan fingerprint density at radius 2 is 1.65 bits per heavy atom. The monoisotopic (exact) mass is 1220 g/mol. The van der Waals surface area contributed by atoms with Gasteiger partial charge in [-0.15, -0.1) is 0 Å². The first kappa shape index (κ1) is 70.2. The molecule has 0 saturated carbocycles. The normalized spacial score (nSPS) is 22.5. The molecule has 470 valence electrons. The van der Waals surface area contributed by atoms with Crippen LogP contribution in [0.1, 0.15) is 110 Å². The number of aromatic nitrogens is 1. The molecule has 0 aliphatic carbocycles. The van der Waals surface area contributed by atoms with Gasteiger partial charge in [-0.3, -0.25) is 52.2 Å². The average Bonchev–Trinajstić information content (AvgIpc) is 2.54. The van der Waals surface area contributed by atoms with Crippen LogP contribution in [-0.2, 0) is 70.9 Å². The molecule has 0 bridgehead atoms. The Balaban J connectivity index is 1.78. The molecule has 1 aromatic carbocycles. The number of carbonyl (C=O) groups excluding carboxylic acids is 10. The van der Waals surface area contributed by atoms with Crippen molar-refractivity contribution in [1.82, 2.24) is 47.1 Å². The van der Waals surface area contributed by atoms with E-state index in [4.69, 9.17) is 16.2 Å². The van der Waals surface area contributed by atoms with Crippen LogP contribution in [0.4, 0.5) is 0 Å². The number of fused-ring (bicyclic) bond motifs is 4. The second-order valence-corrected chi connectivity index (χ2v) is 24.1. The number of amides is 9. The lowest BCUT2D eigenvalue weighted by Gasteiger charge is -2.32. The summed E-state index contributed by atoms with van der Waals surface area (Å²) in [6.45, 7) is 5.88. The van der Waals surface area contributed by atoms with Gasteiger partial charge < -0.3 is 83.7 Å². The molecule has 4 unspecified atom stereocenters. The number of aliphatic hydroxyl groups is 4. The van der Waals surface area contributed by atoms with Crippen molar-refractivity contribution in [2.45, 2.75) is 164 Å². The predicted octanol–water partition coefficient (Wildman–Crippen LogP) is -2.49. The molecule has 84 heavy (non-hydrogen) atoms. The van der Waals surface area contributed by atoms with Gasteiger partial charge in [-0.05, 0) is 61.5 Å². The number of carbonyl (C=O) groups is 10. The smallest absolute Gasteiger partial charge is 0.246 e. The number of benzene rings is 1. The van der Waals surface area contributed by atoms with Gasteiger partial charge in [0.1, 0.15) is 46.8 Å². The van der Waals surface area contributed by atoms with E-state index in [1.165, 1.54) is 25.8 Å². The molecule has 12 atom stereocenters. The fraction of sp³-hybridized carbons (Fsp3) is 0.673. The molecule has 1 aromatic heterocycles. The Labute approximate surface area is 495 Å². The number of H-pyrrole nitrogens is 1. The molecule has 0 radical (unpaired) electrons. The first-order valence-electron chi connectivity index (χ1n) is 28.5. The van der Waals surface area contributed by atoms with Crippen LogP contribution in [0.3, 0.4) is 0 Å². The van der Waals surface area contributed by atoms with Crippen LogP contribution in [0.5, 0.6) is 5.75 Å². The highest BCUT2D eigenvalue weighted by Gasteiger charge is 2.45. The van der Waals surface area contributed by atoms with Gasteiger partial charge in [0, 0.05) is 60.9 Å². The van der Waals surface area contributed by atoms with Crippen LogP contribution in [0, 0.1) is 17.8 Å². The Morgan fingerprint density at radius 1 is 0.929 bits per heavy atom. The molecule has 3 heterocycles. The highest BCUT2D eigenvalue weighted by Crippen LogP contribution is 2.36. The number of aromatic amines is 1. The van der Waals surface area contributed by atoms with Gasteiger partial charge in [-0.2, -0.15) is 11.8 Å². The summed E-state index contributed by atoms with van der Waals surface area (Å²) in [4.78, 5) is 139. The SMILES string of the molecule is CCCC(C)C(=O)CCCC(=O)NCCCCSCc1c(OC)ccc2c3c([nH]c12)S(=O)CC(NC(=O)CNC(=O)[C@@H](NC(=O)CN)[C@@H](C)CC)C(=O)NC(CC(N)=O)C(=O)N1C[C@H](O)C[C@H]1C(=O)N[C@@H]([C@@H](C)[C@@H](O)CO)C(=O)N[C@H](CO)C3. The lowest BCUT2D eigenvalue weighted by Crippen LogP contribution is -2.61. The summed E-state index contributed by atoms with van der Waals surface area (Å²) in [7, 11) is -0.919. The minimum Gasteiger partial charge on any atom is -0.496 e. The van der Waals surface area contributed by atoms with Gasteiger partial charge >= 0.3 is 0 Å². The second kappa shape index (κ2) is 34.7. The van der Waals surface area contributed by atoms with E-state index in [-0.39, 0.29) is 41.0 Å². The van der Waals surface area contributed by atoms with Crippen molar-refractivity contribution >= 4 is 92.4 Å². The number of methoxy groups -OCH3 is 1. The maximum Gasteiger partial charge on any atom is 0.246 e. The molecular weight excluding hydrogens is 1130 g/mol. The molecule has 16 N–H and O–H groups in total. The second-order valence-electron chi connectivity index (χ2n) is 21.5. The standard InChI is InChI=1S/C55H87N11O16S2/c1-7-12-30(4)40(70)13-11-14-44(73)58-17-9-10-18-83-27-36-42(82-6)16-15-34-35-19-32(25-67)60-53(79)48(31(5)41(71)26-68)64-51(77)39-20-33(69)24-66(39)55(80)37(21-43(57)72)62-50(76)38(28-84(81)54(35)65-49(34)36)61-46(75)23-59-52(78)47(29(3)8-2)63-45(74)22-56/h15-16,29-33,37-39,41,47-48,65,67-69,71H,7-14,17-28,56H2,1-6H3,(H2,57,72)(H,58,73)(H,59,78)(H,60,79)(H,61,75)(H,62,76)(H,63,74)(H,64,77)/t29-,30?,31-,32-,33+,37?,38?,39-,41-,47-,48-,84?/m0/s1. The highest BCUT2D eigenvalue weighted by atomic mass is 32.2. The van der Waals surface area contributed by atoms with Crippen molar-refractivity contribution in [3.05, 3.63) is 23.3 Å². The van der Waals surface area contributed by atoms with E-state index in [1.54, 1.807) is 26.0 Å². The number of Topliss-reactive ketones (excluding diaryl/α,β-unsaturated/α-hetero) is 1. The van der Waals surface area contributed by atoms with E-state index in [0.717, 1.165) is 17.7 Å². The number of hydrogen-bond acceptors (Lipinski definition) is 18. The molecule has 2 aromatic rings. The summed E-state index contributed by atoms with van der Waals surface area (Å²) in [6.07, 6.45) is 0.128. The number of unbranched alkanes of at least 4 members (excludes halogenated alkanes) is 1. The minimum absolute atomic E-state index is 0.0278. The van der Waals surface area contributed by atoms with Gasteiger partial charge in [0.25, 0.3) is 0 Å². The predicted molar refractivity (Wildman–Crippen MR) is 312 cm³/mol. The fourth-order valence-electron chi connectivity index (χ4n) is 9.98. The number of nitrogens with two attached hydrogens (primary N) is 2. The largest absolute Gasteiger partial charge is 0.496 e. The van der Waals surface area contributed by atoms with E-state index in [1.807, 2.05) is 13.8 Å². The number of hydrogen-bond donors (Lipinski definition) is 14. The minimum atomic E-state index is -2.38. The van der Waals surface area contributed by atoms with Crippen molar-refractivity contribution in [3.8, 4) is 5.75 Å². The zero-order valence-corrected chi connectivity index (χ0v) is 50.4. The third-order valence-electron chi connectivity index (χ3n) is 15.1. The maximum atomic E-state index is 15.2. The zero-order chi connectivity index (χ0) is 62.4. The number of nitrogens with zero attached hydrogens (tertiary/aromatic N) is 1. The van der Waals surface area contributed by atoms with Gasteiger partial charge in [0.2, 0.25) is 53.2 Å². The molecule has 29 heteroatoms. The number of rotatable bonds is 29. The summed E-state index contributed by atoms with van der Waals surface area (Å²) in [5, 5.41) is 60.9. The first-order valence-corrected chi connectivity index (χ1v) is 31.0. The van der Waals surface area contributed by atoms with Crippen LogP contribution in [-0.4, -0.2) is 200 Å². The molecule has 4 rings (SSSR count). The summed E-state index contributed by atoms with van der Waals surface area (Å²) in [5.74, 6) is -8.78. The maximum absolute atomic E-state index is 15.2. The molecule has 2 aliphatic rings. The number of thioether (sulfide) groups is 1. The molecule has 0 spiro atoms. The van der Waals surface area contributed by atoms with Crippen LogP contribution in [0.15, 0.2) is 17.2 Å². The molecule has 2 aliphatic heterocycles. The van der Waals surface area contributed by atoms with Crippen LogP contribution >= 0.6 is 11.8 Å². The Hall–Kier alpha value is -6.24. The first-order chi connectivity index (χ1) is 39.9. The number of aliphatic hydroxyl groups excluding tert-OH is 4. The third-order valence-corrected chi connectivity index (χ3v) is 17.6. The van der Waals surface area contributed by atoms with Crippen molar-refractivity contribution in [2.24, 2.45) is 29.2 Å². The molecule has 1 saturated heterocycles. The quantitative estimate of drug-likeness (QED) is 0.0375. The van der Waals surface area contributed by atoms with Gasteiger partial charge in [0.15, 0.2) is 0 Å². The van der Waals surface area contributed by atoms with E-state index in [0.29, 0.717) is 72.4 Å². The van der Waals surface area contributed by atoms with Crippen LogP contribution < -0.4 is 53.4 Å². The van der Waals surface area contributed by atoms with E-state index in [2.05, 4.69) is 42.2 Å². The van der Waals surface area contributed by atoms with Gasteiger partial charge in [-0.1, -0.05) is 47.5 Å². The van der Waals surface area contributed by atoms with E-state index in [9.17, 15) is 68.4 Å². The summed E-state index contributed by atoms with van der Waals surface area (Å²) in [6, 6.07) is -5.92. The molecular formula is C55H87N11O16S2. The topological polar surface area (TPSA) is 433 Å². The number of primary amides is 1. The Kier molecular flexibility index (Phi) is 29.0. The molecule has 1 fully saturated rings. The fourth-order valence-corrected chi connectivity index (χ4v) is 12.4. The zero-order valence-electron chi connectivity index (χ0n) is 48.8. The van der Waals surface area contributed by atoms with E-state index >= 15 is 4.21 Å². The van der Waals surface area contributed by atoms with Crippen molar-refractivity contribution in [2.75, 3.05) is 58.0 Å². The van der Waals surface area contributed by atoms with Crippen molar-refractivity contribution in [1.29, 1.82) is 0 Å². The Morgan fingerprint density at radius 3 is 2.30 bits per heavy atom. The average molecular weight is 1220 g/mol. The summed E-state index contributed by atoms with van der Waals surface area (Å²) >= 11 is 1.53. The summed E-state index contributed by atoms with van der Waals surface area (Å²) < 4.78 is 21.0. The molecule has 27 nitrogen and oxygen atoms in total. The van der Waals surface area contributed by atoms with Gasteiger partial charge in [0.05, 0.1) is 80.2 Å². The summed E-state index contributed by atoms with van der Waals surface area (Å²) in [5.41, 5.74) is 12.3. The molecule has 9 amide bonds. The lowest BCUT2D eigenvalue weighted by atomic mass is 9.94. The van der Waals surface area contributed by atoms with Crippen molar-refractivity contribution in [3.63, 3.8) is 0 Å².